The van der Waals surface area contributed by atoms with Crippen molar-refractivity contribution in [2.75, 3.05) is 5.32 Å². The number of aryl methyl sites for hydroxylation is 1. The van der Waals surface area contributed by atoms with Crippen LogP contribution in [0.5, 0.6) is 5.75 Å². The van der Waals surface area contributed by atoms with E-state index in [9.17, 15) is 4.79 Å². The molecule has 4 aromatic carbocycles. The van der Waals surface area contributed by atoms with E-state index in [4.69, 9.17) is 16.3 Å². The third-order valence-corrected chi connectivity index (χ3v) is 8.64. The molecule has 0 bridgehead atoms. The molecule has 0 radical (unpaired) electrons. The Balaban J connectivity index is 1.30. The van der Waals surface area contributed by atoms with Crippen LogP contribution in [0.25, 0.3) is 16.8 Å². The van der Waals surface area contributed by atoms with Gasteiger partial charge in [0.25, 0.3) is 5.91 Å². The minimum absolute atomic E-state index is 0.0922. The van der Waals surface area contributed by atoms with E-state index in [0.29, 0.717) is 16.5 Å². The van der Waals surface area contributed by atoms with Crippen LogP contribution in [-0.2, 0) is 11.4 Å². The molecule has 2 N–H and O–H groups in total. The lowest BCUT2D eigenvalue weighted by atomic mass is 10.1. The summed E-state index contributed by atoms with van der Waals surface area (Å²) in [5.74, 6) is 0.762. The summed E-state index contributed by atoms with van der Waals surface area (Å²) in [5, 5.41) is 9.46. The molecule has 4 aromatic rings. The quantitative estimate of drug-likeness (QED) is 0.155. The first kappa shape index (κ1) is 25.7. The molecule has 1 amide bonds. The maximum atomic E-state index is 12.6. The summed E-state index contributed by atoms with van der Waals surface area (Å²) in [4.78, 5) is 13.3. The summed E-state index contributed by atoms with van der Waals surface area (Å²) in [6, 6.07) is 24.4. The molecule has 1 aliphatic rings. The minimum atomic E-state index is -0.245. The standard InChI is InChI=1S/C28H21ClI2N2O2S/c1-16-11-20(29)9-10-24(16)32-28-33-27(34)25(36-28)14-17-12-22(30)26(23(31)13-17)35-15-19-7-4-6-18-5-2-3-8-21(18)19/h2-14,28,32H,15H2,1H3,(H,33,34)/b25-14-. The van der Waals surface area contributed by atoms with Gasteiger partial charge in [-0.15, -0.1) is 0 Å². The number of halogens is 3. The maximum absolute atomic E-state index is 12.6. The third kappa shape index (κ3) is 5.79. The predicted octanol–water partition coefficient (Wildman–Crippen LogP) is 8.19. The highest BCUT2D eigenvalue weighted by atomic mass is 127. The van der Waals surface area contributed by atoms with E-state index in [0.717, 1.165) is 35.3 Å². The SMILES string of the molecule is Cc1cc(Cl)ccc1NC1NC(=O)/C(=C/c2cc(I)c(OCc3cccc4ccccc34)c(I)c2)S1. The van der Waals surface area contributed by atoms with Gasteiger partial charge < -0.3 is 15.4 Å². The monoisotopic (exact) mass is 738 g/mol. The van der Waals surface area contributed by atoms with Crippen molar-refractivity contribution in [1.29, 1.82) is 0 Å². The molecule has 8 heteroatoms. The van der Waals surface area contributed by atoms with Gasteiger partial charge >= 0.3 is 0 Å². The number of fused-ring (bicyclic) bond motifs is 1. The van der Waals surface area contributed by atoms with E-state index in [2.05, 4.69) is 92.2 Å². The second kappa shape index (κ2) is 11.2. The van der Waals surface area contributed by atoms with Gasteiger partial charge in [0, 0.05) is 10.7 Å². The fourth-order valence-corrected chi connectivity index (χ4v) is 7.35. The molecule has 1 aliphatic heterocycles. The van der Waals surface area contributed by atoms with Crippen LogP contribution >= 0.6 is 68.5 Å². The van der Waals surface area contributed by atoms with Crippen LogP contribution < -0.4 is 15.4 Å². The zero-order valence-electron chi connectivity index (χ0n) is 19.1. The molecule has 0 aromatic heterocycles. The molecule has 1 fully saturated rings. The summed E-state index contributed by atoms with van der Waals surface area (Å²) in [5.41, 5.74) is 3.83. The summed E-state index contributed by atoms with van der Waals surface area (Å²) in [7, 11) is 0. The number of anilines is 1. The normalized spacial score (nSPS) is 16.4. The third-order valence-electron chi connectivity index (χ3n) is 5.78. The minimum Gasteiger partial charge on any atom is -0.487 e. The van der Waals surface area contributed by atoms with Gasteiger partial charge in [0.15, 0.2) is 5.50 Å². The predicted molar refractivity (Wildman–Crippen MR) is 167 cm³/mol. The first-order valence-corrected chi connectivity index (χ1v) is 14.6. The van der Waals surface area contributed by atoms with E-state index >= 15 is 0 Å². The average Bonchev–Trinajstić information content (AvgIpc) is 3.18. The summed E-state index contributed by atoms with van der Waals surface area (Å²) in [6.07, 6.45) is 1.93. The van der Waals surface area contributed by atoms with Gasteiger partial charge in [-0.1, -0.05) is 65.8 Å². The van der Waals surface area contributed by atoms with E-state index < -0.39 is 0 Å². The van der Waals surface area contributed by atoms with Crippen molar-refractivity contribution in [3.05, 3.63) is 107 Å². The molecule has 36 heavy (non-hydrogen) atoms. The van der Waals surface area contributed by atoms with Gasteiger partial charge in [-0.25, -0.2) is 0 Å². The molecule has 1 heterocycles. The molecule has 5 rings (SSSR count). The Kier molecular flexibility index (Phi) is 7.99. The fraction of sp³-hybridized carbons (Fsp3) is 0.107. The largest absolute Gasteiger partial charge is 0.487 e. The maximum Gasteiger partial charge on any atom is 0.260 e. The number of thioether (sulfide) groups is 1. The smallest absolute Gasteiger partial charge is 0.260 e. The number of hydrogen-bond donors (Lipinski definition) is 2. The average molecular weight is 739 g/mol. The second-order valence-corrected chi connectivity index (χ2v) is 12.2. The van der Waals surface area contributed by atoms with E-state index in [1.807, 2.05) is 49.4 Å². The highest BCUT2D eigenvalue weighted by Gasteiger charge is 2.27. The Morgan fingerprint density at radius 3 is 2.58 bits per heavy atom. The lowest BCUT2D eigenvalue weighted by molar-refractivity contribution is -0.116. The first-order valence-electron chi connectivity index (χ1n) is 11.2. The zero-order valence-corrected chi connectivity index (χ0v) is 25.0. The van der Waals surface area contributed by atoms with Crippen LogP contribution in [0, 0.1) is 14.1 Å². The summed E-state index contributed by atoms with van der Waals surface area (Å²) < 4.78 is 8.27. The van der Waals surface area contributed by atoms with Crippen LogP contribution in [0.2, 0.25) is 5.02 Å². The van der Waals surface area contributed by atoms with Crippen LogP contribution in [0.4, 0.5) is 5.69 Å². The Morgan fingerprint density at radius 1 is 1.06 bits per heavy atom. The van der Waals surface area contributed by atoms with Crippen LogP contribution in [-0.4, -0.2) is 11.4 Å². The van der Waals surface area contributed by atoms with E-state index in [1.54, 1.807) is 0 Å². The first-order chi connectivity index (χ1) is 17.4. The second-order valence-electron chi connectivity index (χ2n) is 8.32. The van der Waals surface area contributed by atoms with Gasteiger partial charge in [-0.3, -0.25) is 4.79 Å². The lowest BCUT2D eigenvalue weighted by Gasteiger charge is -2.15. The number of ether oxygens (including phenoxy) is 1. The van der Waals surface area contributed by atoms with Crippen LogP contribution in [0.1, 0.15) is 16.7 Å². The molecule has 1 saturated heterocycles. The summed E-state index contributed by atoms with van der Waals surface area (Å²) >= 11 is 12.1. The van der Waals surface area contributed by atoms with Crippen LogP contribution in [0.3, 0.4) is 0 Å². The Bertz CT molecular complexity index is 1480. The molecule has 4 nitrogen and oxygen atoms in total. The number of benzene rings is 4. The highest BCUT2D eigenvalue weighted by molar-refractivity contribution is 14.1. The number of hydrogen-bond acceptors (Lipinski definition) is 4. The van der Waals surface area contributed by atoms with Gasteiger partial charge in [-0.05, 0) is 116 Å². The number of carbonyl (C=O) groups excluding carboxylic acids is 1. The Morgan fingerprint density at radius 2 is 1.81 bits per heavy atom. The Labute approximate surface area is 246 Å². The molecule has 0 saturated carbocycles. The topological polar surface area (TPSA) is 50.4 Å². The van der Waals surface area contributed by atoms with Gasteiger partial charge in [0.1, 0.15) is 12.4 Å². The molecule has 0 aliphatic carbocycles. The van der Waals surface area contributed by atoms with Crippen molar-refractivity contribution >= 4 is 97.0 Å². The highest BCUT2D eigenvalue weighted by Crippen LogP contribution is 2.35. The molecule has 1 unspecified atom stereocenters. The van der Waals surface area contributed by atoms with Crippen molar-refractivity contribution in [2.24, 2.45) is 0 Å². The van der Waals surface area contributed by atoms with Gasteiger partial charge in [0.05, 0.1) is 12.0 Å². The van der Waals surface area contributed by atoms with Crippen molar-refractivity contribution in [3.8, 4) is 5.75 Å². The van der Waals surface area contributed by atoms with Crippen LogP contribution in [0.15, 0.2) is 77.7 Å². The summed E-state index contributed by atoms with van der Waals surface area (Å²) in [6.45, 7) is 2.48. The number of rotatable bonds is 6. The fourth-order valence-electron chi connectivity index (χ4n) is 4.02. The zero-order chi connectivity index (χ0) is 25.2. The Hall–Kier alpha value is -1.95. The lowest BCUT2D eigenvalue weighted by Crippen LogP contribution is -2.31. The number of amides is 1. The van der Waals surface area contributed by atoms with E-state index in [1.165, 1.54) is 22.5 Å². The molecular formula is C28H21ClI2N2O2S. The number of carbonyl (C=O) groups is 1. The molecule has 1 atom stereocenters. The molecular weight excluding hydrogens is 718 g/mol. The van der Waals surface area contributed by atoms with Gasteiger partial charge in [-0.2, -0.15) is 0 Å². The molecule has 0 spiro atoms. The van der Waals surface area contributed by atoms with Crippen molar-refractivity contribution < 1.29 is 9.53 Å². The van der Waals surface area contributed by atoms with E-state index in [-0.39, 0.29) is 11.4 Å². The van der Waals surface area contributed by atoms with Crippen molar-refractivity contribution in [2.45, 2.75) is 19.0 Å². The molecule has 182 valence electrons. The van der Waals surface area contributed by atoms with Gasteiger partial charge in [0.2, 0.25) is 0 Å². The van der Waals surface area contributed by atoms with Crippen molar-refractivity contribution in [3.63, 3.8) is 0 Å². The van der Waals surface area contributed by atoms with Crippen molar-refractivity contribution in [1.82, 2.24) is 5.32 Å². The number of nitrogens with one attached hydrogen (secondary N) is 2.